The molecule has 0 N–H and O–H groups in total. The molecule has 2 aromatic carbocycles. The molecule has 1 aromatic heterocycles. The smallest absolute Gasteiger partial charge is 0.137 e. The first-order chi connectivity index (χ1) is 11.2. The van der Waals surface area contributed by atoms with Crippen molar-refractivity contribution >= 4 is 11.6 Å². The molecule has 0 spiro atoms. The Morgan fingerprint density at radius 3 is 2.26 bits per heavy atom. The Hall–Kier alpha value is -2.37. The van der Waals surface area contributed by atoms with Crippen molar-refractivity contribution in [1.82, 2.24) is 14.8 Å². The van der Waals surface area contributed by atoms with Crippen LogP contribution in [0.5, 0.6) is 11.5 Å². The van der Waals surface area contributed by atoms with Crippen molar-refractivity contribution < 1.29 is 9.47 Å². The Bertz CT molecular complexity index is 728. The van der Waals surface area contributed by atoms with Crippen molar-refractivity contribution in [3.63, 3.8) is 0 Å². The molecule has 0 radical (unpaired) electrons. The van der Waals surface area contributed by atoms with Crippen molar-refractivity contribution in [2.45, 2.75) is 12.6 Å². The Morgan fingerprint density at radius 1 is 1.04 bits per heavy atom. The van der Waals surface area contributed by atoms with Crippen LogP contribution in [0.15, 0.2) is 61.2 Å². The fourth-order valence-electron chi connectivity index (χ4n) is 2.20. The van der Waals surface area contributed by atoms with Gasteiger partial charge in [0.25, 0.3) is 0 Å². The van der Waals surface area contributed by atoms with Gasteiger partial charge in [0.05, 0.1) is 6.54 Å². The van der Waals surface area contributed by atoms with Crippen LogP contribution in [0.25, 0.3) is 0 Å². The van der Waals surface area contributed by atoms with E-state index >= 15 is 0 Å². The molecule has 3 aromatic rings. The van der Waals surface area contributed by atoms with E-state index in [4.69, 9.17) is 21.1 Å². The van der Waals surface area contributed by atoms with E-state index in [9.17, 15) is 0 Å². The molecule has 118 valence electrons. The summed E-state index contributed by atoms with van der Waals surface area (Å²) in [6.45, 7) is 0.605. The van der Waals surface area contributed by atoms with Gasteiger partial charge in [-0.05, 0) is 42.0 Å². The van der Waals surface area contributed by atoms with Crippen LogP contribution in [-0.4, -0.2) is 21.9 Å². The van der Waals surface area contributed by atoms with E-state index in [2.05, 4.69) is 10.1 Å². The zero-order chi connectivity index (χ0) is 16.1. The molecule has 5 nitrogen and oxygen atoms in total. The van der Waals surface area contributed by atoms with E-state index in [0.29, 0.717) is 11.6 Å². The predicted molar refractivity (Wildman–Crippen MR) is 87.7 cm³/mol. The van der Waals surface area contributed by atoms with Crippen LogP contribution in [0.3, 0.4) is 0 Å². The summed E-state index contributed by atoms with van der Waals surface area (Å²) in [5.41, 5.74) is 1.05. The number of aromatic nitrogens is 3. The first kappa shape index (κ1) is 15.5. The highest BCUT2D eigenvalue weighted by molar-refractivity contribution is 6.30. The lowest BCUT2D eigenvalue weighted by molar-refractivity contribution is 0.0845. The van der Waals surface area contributed by atoms with Crippen molar-refractivity contribution in [1.29, 1.82) is 0 Å². The van der Waals surface area contributed by atoms with E-state index in [-0.39, 0.29) is 6.10 Å². The predicted octanol–water partition coefficient (Wildman–Crippen LogP) is 4.11. The molecule has 1 unspecified atom stereocenters. The van der Waals surface area contributed by atoms with Gasteiger partial charge in [-0.2, -0.15) is 5.10 Å². The number of ether oxygens (including phenoxy) is 2. The van der Waals surface area contributed by atoms with Crippen LogP contribution in [-0.2, 0) is 11.3 Å². The number of nitrogens with zero attached hydrogens (tertiary/aromatic N) is 3. The first-order valence-corrected chi connectivity index (χ1v) is 7.51. The maximum absolute atomic E-state index is 5.86. The Morgan fingerprint density at radius 2 is 1.70 bits per heavy atom. The second kappa shape index (κ2) is 7.26. The minimum Gasteiger partial charge on any atom is -0.457 e. The van der Waals surface area contributed by atoms with Gasteiger partial charge in [0.1, 0.15) is 30.3 Å². The molecular formula is C17H16ClN3O2. The Balaban J connectivity index is 1.69. The number of halogens is 1. The molecule has 0 saturated carbocycles. The molecule has 6 heteroatoms. The van der Waals surface area contributed by atoms with Gasteiger partial charge in [0, 0.05) is 12.1 Å². The molecule has 1 atom stereocenters. The van der Waals surface area contributed by atoms with Crippen molar-refractivity contribution in [3.8, 4) is 11.5 Å². The lowest BCUT2D eigenvalue weighted by Crippen LogP contribution is -2.11. The minimum absolute atomic E-state index is 0.0960. The molecule has 23 heavy (non-hydrogen) atoms. The van der Waals surface area contributed by atoms with Crippen LogP contribution in [0.1, 0.15) is 11.7 Å². The standard InChI is InChI=1S/C17H16ClN3O2/c1-22-17(10-21-12-19-11-20-21)13-2-6-15(7-3-13)23-16-8-4-14(18)5-9-16/h2-9,11-12,17H,10H2,1H3. The molecule has 0 aliphatic heterocycles. The number of benzene rings is 2. The quantitative estimate of drug-likeness (QED) is 0.683. The summed E-state index contributed by atoms with van der Waals surface area (Å²) in [4.78, 5) is 3.94. The zero-order valence-corrected chi connectivity index (χ0v) is 13.3. The highest BCUT2D eigenvalue weighted by atomic mass is 35.5. The molecular weight excluding hydrogens is 314 g/mol. The largest absolute Gasteiger partial charge is 0.457 e. The highest BCUT2D eigenvalue weighted by Gasteiger charge is 2.12. The Labute approximate surface area is 139 Å². The summed E-state index contributed by atoms with van der Waals surface area (Å²) in [7, 11) is 1.68. The van der Waals surface area contributed by atoms with Gasteiger partial charge in [-0.15, -0.1) is 0 Å². The average molecular weight is 330 g/mol. The fourth-order valence-corrected chi connectivity index (χ4v) is 2.33. The van der Waals surface area contributed by atoms with E-state index in [0.717, 1.165) is 17.1 Å². The van der Waals surface area contributed by atoms with Gasteiger partial charge in [-0.25, -0.2) is 4.98 Å². The molecule has 0 aliphatic carbocycles. The molecule has 1 heterocycles. The van der Waals surface area contributed by atoms with E-state index in [1.165, 1.54) is 6.33 Å². The van der Waals surface area contributed by atoms with E-state index in [1.807, 2.05) is 36.4 Å². The van der Waals surface area contributed by atoms with E-state index < -0.39 is 0 Å². The second-order valence-corrected chi connectivity index (χ2v) is 5.40. The van der Waals surface area contributed by atoms with Gasteiger partial charge in [-0.3, -0.25) is 4.68 Å². The van der Waals surface area contributed by atoms with Crippen LogP contribution in [0, 0.1) is 0 Å². The van der Waals surface area contributed by atoms with Gasteiger partial charge in [0.2, 0.25) is 0 Å². The maximum Gasteiger partial charge on any atom is 0.137 e. The minimum atomic E-state index is -0.0960. The van der Waals surface area contributed by atoms with Crippen molar-refractivity contribution in [2.24, 2.45) is 0 Å². The van der Waals surface area contributed by atoms with Gasteiger partial charge < -0.3 is 9.47 Å². The van der Waals surface area contributed by atoms with Gasteiger partial charge >= 0.3 is 0 Å². The number of methoxy groups -OCH3 is 1. The van der Waals surface area contributed by atoms with Crippen LogP contribution in [0.4, 0.5) is 0 Å². The number of hydrogen-bond acceptors (Lipinski definition) is 4. The lowest BCUT2D eigenvalue weighted by atomic mass is 10.1. The first-order valence-electron chi connectivity index (χ1n) is 7.13. The number of rotatable bonds is 6. The Kier molecular flexibility index (Phi) is 4.90. The third-order valence-corrected chi connectivity index (χ3v) is 3.66. The molecule has 0 fully saturated rings. The third kappa shape index (κ3) is 4.09. The lowest BCUT2D eigenvalue weighted by Gasteiger charge is -2.16. The summed E-state index contributed by atoms with van der Waals surface area (Å²) in [5.74, 6) is 1.50. The zero-order valence-electron chi connectivity index (χ0n) is 12.6. The van der Waals surface area contributed by atoms with Crippen molar-refractivity contribution in [3.05, 3.63) is 71.8 Å². The van der Waals surface area contributed by atoms with Crippen LogP contribution in [0.2, 0.25) is 5.02 Å². The maximum atomic E-state index is 5.86. The normalized spacial score (nSPS) is 12.1. The molecule has 0 amide bonds. The summed E-state index contributed by atoms with van der Waals surface area (Å²) < 4.78 is 13.1. The SMILES string of the molecule is COC(Cn1cncn1)c1ccc(Oc2ccc(Cl)cc2)cc1. The molecule has 0 bridgehead atoms. The fraction of sp³-hybridized carbons (Fsp3) is 0.176. The summed E-state index contributed by atoms with van der Waals surface area (Å²) >= 11 is 5.86. The summed E-state index contributed by atoms with van der Waals surface area (Å²) in [6, 6.07) is 15.0. The number of hydrogen-bond donors (Lipinski definition) is 0. The highest BCUT2D eigenvalue weighted by Crippen LogP contribution is 2.26. The summed E-state index contributed by atoms with van der Waals surface area (Å²) in [5, 5.41) is 4.78. The molecule has 3 rings (SSSR count). The van der Waals surface area contributed by atoms with Crippen LogP contribution >= 0.6 is 11.6 Å². The topological polar surface area (TPSA) is 49.2 Å². The van der Waals surface area contributed by atoms with Crippen molar-refractivity contribution in [2.75, 3.05) is 7.11 Å². The van der Waals surface area contributed by atoms with Crippen LogP contribution < -0.4 is 4.74 Å². The molecule has 0 saturated heterocycles. The average Bonchev–Trinajstić information content (AvgIpc) is 3.09. The monoisotopic (exact) mass is 329 g/mol. The second-order valence-electron chi connectivity index (χ2n) is 4.97. The van der Waals surface area contributed by atoms with Gasteiger partial charge in [-0.1, -0.05) is 23.7 Å². The van der Waals surface area contributed by atoms with E-state index in [1.54, 1.807) is 30.3 Å². The molecule has 0 aliphatic rings. The summed E-state index contributed by atoms with van der Waals surface area (Å²) in [6.07, 6.45) is 3.08. The third-order valence-electron chi connectivity index (χ3n) is 3.41. The van der Waals surface area contributed by atoms with Gasteiger partial charge in [0.15, 0.2) is 0 Å².